The number of likely N-dealkylation sites (N-methyl/N-ethyl adjacent to an activating group) is 1. The third-order valence-corrected chi connectivity index (χ3v) is 3.07. The molecule has 2 aliphatic heterocycles. The standard InChI is InChI=1S/C8H11N3O4/c1-11-7(15)10-6(14)8(11)2-4(5(12)13)9-3-8/h4,9H,2-3H2,1H3,(H,12,13)(H,10,14,15)/t4-,8?/m0/s1. The van der Waals surface area contributed by atoms with Gasteiger partial charge in [0, 0.05) is 20.0 Å². The highest BCUT2D eigenvalue weighted by molar-refractivity contribution is 6.07. The van der Waals surface area contributed by atoms with Crippen LogP contribution in [0.2, 0.25) is 0 Å². The van der Waals surface area contributed by atoms with Crippen LogP contribution in [-0.2, 0) is 9.59 Å². The molecule has 2 atom stereocenters. The molecule has 2 heterocycles. The molecule has 2 aliphatic rings. The third-order valence-electron chi connectivity index (χ3n) is 3.07. The maximum Gasteiger partial charge on any atom is 0.324 e. The predicted molar refractivity (Wildman–Crippen MR) is 48.1 cm³/mol. The number of carbonyl (C=O) groups excluding carboxylic acids is 2. The van der Waals surface area contributed by atoms with E-state index in [4.69, 9.17) is 5.11 Å². The van der Waals surface area contributed by atoms with E-state index in [2.05, 4.69) is 10.6 Å². The first-order valence-corrected chi connectivity index (χ1v) is 4.53. The molecule has 1 spiro atoms. The van der Waals surface area contributed by atoms with Gasteiger partial charge in [0.1, 0.15) is 11.6 Å². The van der Waals surface area contributed by atoms with Gasteiger partial charge in [-0.3, -0.25) is 14.9 Å². The van der Waals surface area contributed by atoms with Crippen molar-refractivity contribution in [3.8, 4) is 0 Å². The molecule has 1 unspecified atom stereocenters. The molecule has 2 rings (SSSR count). The maximum atomic E-state index is 11.6. The average Bonchev–Trinajstić information content (AvgIpc) is 2.68. The molecule has 82 valence electrons. The van der Waals surface area contributed by atoms with Gasteiger partial charge in [-0.2, -0.15) is 0 Å². The number of urea groups is 1. The summed E-state index contributed by atoms with van der Waals surface area (Å²) in [7, 11) is 1.49. The number of nitrogens with zero attached hydrogens (tertiary/aromatic N) is 1. The van der Waals surface area contributed by atoms with Gasteiger partial charge in [0.25, 0.3) is 5.91 Å². The molecule has 15 heavy (non-hydrogen) atoms. The van der Waals surface area contributed by atoms with E-state index < -0.39 is 29.5 Å². The minimum Gasteiger partial charge on any atom is -0.480 e. The van der Waals surface area contributed by atoms with Crippen LogP contribution < -0.4 is 10.6 Å². The molecule has 2 fully saturated rings. The highest BCUT2D eigenvalue weighted by Crippen LogP contribution is 2.29. The van der Waals surface area contributed by atoms with Crippen LogP contribution in [0.1, 0.15) is 6.42 Å². The lowest BCUT2D eigenvalue weighted by atomic mass is 9.95. The van der Waals surface area contributed by atoms with Crippen molar-refractivity contribution in [3.05, 3.63) is 0 Å². The molecule has 3 amide bonds. The van der Waals surface area contributed by atoms with Crippen LogP contribution in [0.5, 0.6) is 0 Å². The highest BCUT2D eigenvalue weighted by Gasteiger charge is 2.56. The minimum atomic E-state index is -1.03. The molecule has 0 aromatic rings. The molecule has 7 nitrogen and oxygen atoms in total. The SMILES string of the molecule is CN1C(=O)NC(=O)C12CN[C@H](C(=O)O)C2. The summed E-state index contributed by atoms with van der Waals surface area (Å²) in [4.78, 5) is 34.8. The number of imide groups is 1. The fraction of sp³-hybridized carbons (Fsp3) is 0.625. The molecule has 0 bridgehead atoms. The molecule has 7 heteroatoms. The van der Waals surface area contributed by atoms with Crippen molar-refractivity contribution in [3.63, 3.8) is 0 Å². The lowest BCUT2D eigenvalue weighted by molar-refractivity contribution is -0.139. The van der Waals surface area contributed by atoms with Gasteiger partial charge in [-0.25, -0.2) is 4.79 Å². The van der Waals surface area contributed by atoms with E-state index in [1.807, 2.05) is 0 Å². The zero-order chi connectivity index (χ0) is 11.2. The van der Waals surface area contributed by atoms with Crippen molar-refractivity contribution < 1.29 is 19.5 Å². The number of aliphatic carboxylic acids is 1. The number of carboxylic acid groups (broad SMARTS) is 1. The van der Waals surface area contributed by atoms with Crippen molar-refractivity contribution in [2.24, 2.45) is 0 Å². The Morgan fingerprint density at radius 3 is 2.67 bits per heavy atom. The zero-order valence-electron chi connectivity index (χ0n) is 8.11. The Morgan fingerprint density at radius 2 is 2.27 bits per heavy atom. The zero-order valence-corrected chi connectivity index (χ0v) is 8.11. The topological polar surface area (TPSA) is 98.7 Å². The fourth-order valence-corrected chi connectivity index (χ4v) is 2.02. The molecule has 0 saturated carbocycles. The molecule has 0 aromatic heterocycles. The highest BCUT2D eigenvalue weighted by atomic mass is 16.4. The van der Waals surface area contributed by atoms with E-state index in [-0.39, 0.29) is 13.0 Å². The second-order valence-corrected chi connectivity index (χ2v) is 3.83. The van der Waals surface area contributed by atoms with E-state index >= 15 is 0 Å². The molecular weight excluding hydrogens is 202 g/mol. The largest absolute Gasteiger partial charge is 0.480 e. The van der Waals surface area contributed by atoms with Crippen LogP contribution in [0.3, 0.4) is 0 Å². The fourth-order valence-electron chi connectivity index (χ4n) is 2.02. The summed E-state index contributed by atoms with van der Waals surface area (Å²) in [5.41, 5.74) is -1.03. The Labute approximate surface area is 85.4 Å². The first kappa shape index (κ1) is 9.91. The number of hydrogen-bond donors (Lipinski definition) is 3. The van der Waals surface area contributed by atoms with Crippen molar-refractivity contribution in [2.45, 2.75) is 18.0 Å². The van der Waals surface area contributed by atoms with Crippen LogP contribution in [0.4, 0.5) is 4.79 Å². The van der Waals surface area contributed by atoms with E-state index in [1.165, 1.54) is 11.9 Å². The maximum absolute atomic E-state index is 11.6. The summed E-state index contributed by atoms with van der Waals surface area (Å²) < 4.78 is 0. The smallest absolute Gasteiger partial charge is 0.324 e. The number of carboxylic acids is 1. The Balaban J connectivity index is 2.26. The van der Waals surface area contributed by atoms with Gasteiger partial charge in [0.05, 0.1) is 0 Å². The van der Waals surface area contributed by atoms with Crippen LogP contribution in [-0.4, -0.2) is 53.1 Å². The van der Waals surface area contributed by atoms with E-state index in [0.29, 0.717) is 0 Å². The summed E-state index contributed by atoms with van der Waals surface area (Å²) in [6.45, 7) is 0.179. The number of amides is 3. The second-order valence-electron chi connectivity index (χ2n) is 3.83. The predicted octanol–water partition coefficient (Wildman–Crippen LogP) is -1.65. The molecule has 0 radical (unpaired) electrons. The minimum absolute atomic E-state index is 0.108. The van der Waals surface area contributed by atoms with Gasteiger partial charge >= 0.3 is 12.0 Å². The Kier molecular flexibility index (Phi) is 1.93. The second kappa shape index (κ2) is 2.93. The van der Waals surface area contributed by atoms with Crippen molar-refractivity contribution in [2.75, 3.05) is 13.6 Å². The summed E-state index contributed by atoms with van der Waals surface area (Å²) in [5, 5.41) is 13.7. The van der Waals surface area contributed by atoms with Crippen LogP contribution >= 0.6 is 0 Å². The van der Waals surface area contributed by atoms with Crippen molar-refractivity contribution in [1.29, 1.82) is 0 Å². The molecule has 2 saturated heterocycles. The quantitative estimate of drug-likeness (QED) is 0.453. The van der Waals surface area contributed by atoms with Crippen molar-refractivity contribution >= 4 is 17.9 Å². The molecule has 0 aromatic carbocycles. The summed E-state index contributed by atoms with van der Waals surface area (Å²) in [6, 6.07) is -1.25. The lowest BCUT2D eigenvalue weighted by Gasteiger charge is -2.26. The summed E-state index contributed by atoms with van der Waals surface area (Å²) in [6.07, 6.45) is 0.108. The number of carbonyl (C=O) groups is 3. The van der Waals surface area contributed by atoms with Crippen LogP contribution in [0, 0.1) is 0 Å². The third kappa shape index (κ3) is 1.19. The van der Waals surface area contributed by atoms with Gasteiger partial charge in [-0.15, -0.1) is 0 Å². The van der Waals surface area contributed by atoms with E-state index in [0.717, 1.165) is 0 Å². The number of rotatable bonds is 1. The Morgan fingerprint density at radius 1 is 1.60 bits per heavy atom. The molecule has 0 aliphatic carbocycles. The number of nitrogens with one attached hydrogen (secondary N) is 2. The van der Waals surface area contributed by atoms with Gasteiger partial charge in [0.15, 0.2) is 0 Å². The Hall–Kier alpha value is -1.63. The lowest BCUT2D eigenvalue weighted by Crippen LogP contribution is -2.49. The summed E-state index contributed by atoms with van der Waals surface area (Å²) >= 11 is 0. The summed E-state index contributed by atoms with van der Waals surface area (Å²) in [5.74, 6) is -1.43. The molecular formula is C8H11N3O4. The van der Waals surface area contributed by atoms with E-state index in [9.17, 15) is 14.4 Å². The van der Waals surface area contributed by atoms with Gasteiger partial charge in [0.2, 0.25) is 0 Å². The monoisotopic (exact) mass is 213 g/mol. The number of hydrogen-bond acceptors (Lipinski definition) is 4. The van der Waals surface area contributed by atoms with Crippen LogP contribution in [0.15, 0.2) is 0 Å². The normalized spacial score (nSPS) is 35.0. The molecule has 3 N–H and O–H groups in total. The first-order valence-electron chi connectivity index (χ1n) is 4.53. The van der Waals surface area contributed by atoms with Gasteiger partial charge < -0.3 is 15.3 Å². The first-order chi connectivity index (χ1) is 6.97. The van der Waals surface area contributed by atoms with Gasteiger partial charge in [-0.05, 0) is 0 Å². The average molecular weight is 213 g/mol. The van der Waals surface area contributed by atoms with Gasteiger partial charge in [-0.1, -0.05) is 0 Å². The van der Waals surface area contributed by atoms with Crippen LogP contribution in [0.25, 0.3) is 0 Å². The Bertz CT molecular complexity index is 356. The van der Waals surface area contributed by atoms with E-state index in [1.54, 1.807) is 0 Å². The van der Waals surface area contributed by atoms with Crippen molar-refractivity contribution in [1.82, 2.24) is 15.5 Å².